The predicted octanol–water partition coefficient (Wildman–Crippen LogP) is 4.39. The number of halogens is 1. The minimum absolute atomic E-state index is 0.856. The number of hydrogen-bond donors (Lipinski definition) is 0. The van der Waals surface area contributed by atoms with Crippen molar-refractivity contribution in [1.29, 1.82) is 0 Å². The van der Waals surface area contributed by atoms with Gasteiger partial charge in [-0.05, 0) is 43.8 Å². The van der Waals surface area contributed by atoms with Gasteiger partial charge >= 0.3 is 0 Å². The van der Waals surface area contributed by atoms with Gasteiger partial charge in [-0.3, -0.25) is 0 Å². The molecule has 0 radical (unpaired) electrons. The SMILES string of the molecule is C[Si](C)(C)OCCc1ccc(Br)cc1[Si](C)(C)C. The fourth-order valence-electron chi connectivity index (χ4n) is 1.93. The van der Waals surface area contributed by atoms with Crippen molar-refractivity contribution in [3.8, 4) is 0 Å². The third kappa shape index (κ3) is 5.38. The van der Waals surface area contributed by atoms with E-state index < -0.39 is 16.4 Å². The van der Waals surface area contributed by atoms with E-state index in [9.17, 15) is 0 Å². The van der Waals surface area contributed by atoms with Crippen molar-refractivity contribution in [3.63, 3.8) is 0 Å². The van der Waals surface area contributed by atoms with Gasteiger partial charge in [-0.25, -0.2) is 0 Å². The molecule has 1 aromatic rings. The summed E-state index contributed by atoms with van der Waals surface area (Å²) in [6.07, 6.45) is 1.04. The van der Waals surface area contributed by atoms with Crippen molar-refractivity contribution >= 4 is 37.5 Å². The Balaban J connectivity index is 2.83. The van der Waals surface area contributed by atoms with Crippen LogP contribution >= 0.6 is 15.9 Å². The lowest BCUT2D eigenvalue weighted by Gasteiger charge is -2.23. The summed E-state index contributed by atoms with van der Waals surface area (Å²) in [7, 11) is -2.66. The summed E-state index contributed by atoms with van der Waals surface area (Å²) in [5.74, 6) is 0. The van der Waals surface area contributed by atoms with Crippen molar-refractivity contribution in [3.05, 3.63) is 28.2 Å². The largest absolute Gasteiger partial charge is 0.417 e. The average molecular weight is 345 g/mol. The molecule has 1 aromatic carbocycles. The van der Waals surface area contributed by atoms with E-state index in [2.05, 4.69) is 73.4 Å². The molecule has 0 atom stereocenters. The summed E-state index contributed by atoms with van der Waals surface area (Å²) in [6.45, 7) is 14.8. The first-order valence-electron chi connectivity index (χ1n) is 6.52. The molecule has 0 spiro atoms. The minimum atomic E-state index is -1.38. The molecule has 0 heterocycles. The lowest BCUT2D eigenvalue weighted by molar-refractivity contribution is 0.316. The fourth-order valence-corrected chi connectivity index (χ4v) is 4.98. The number of rotatable bonds is 5. The van der Waals surface area contributed by atoms with E-state index in [4.69, 9.17) is 4.43 Å². The van der Waals surface area contributed by atoms with E-state index in [1.54, 1.807) is 5.19 Å². The molecule has 0 fully saturated rings. The van der Waals surface area contributed by atoms with Crippen LogP contribution in [0.4, 0.5) is 0 Å². The van der Waals surface area contributed by atoms with Gasteiger partial charge in [-0.15, -0.1) is 0 Å². The average Bonchev–Trinajstić information content (AvgIpc) is 2.17. The Kier molecular flexibility index (Phi) is 5.41. The summed E-state index contributed by atoms with van der Waals surface area (Å²) in [5, 5.41) is 1.55. The van der Waals surface area contributed by atoms with Gasteiger partial charge < -0.3 is 4.43 Å². The van der Waals surface area contributed by atoms with Crippen LogP contribution in [0.25, 0.3) is 0 Å². The van der Waals surface area contributed by atoms with Crippen molar-refractivity contribution < 1.29 is 4.43 Å². The van der Waals surface area contributed by atoms with Crippen LogP contribution in [0.3, 0.4) is 0 Å². The van der Waals surface area contributed by atoms with Crippen LogP contribution in [-0.2, 0) is 10.8 Å². The molecule has 1 rings (SSSR count). The Hall–Kier alpha value is 0.0938. The van der Waals surface area contributed by atoms with Gasteiger partial charge in [0.2, 0.25) is 0 Å². The van der Waals surface area contributed by atoms with E-state index in [0.717, 1.165) is 13.0 Å². The van der Waals surface area contributed by atoms with E-state index in [1.807, 2.05) is 0 Å². The zero-order valence-corrected chi connectivity index (χ0v) is 16.0. The first kappa shape index (κ1) is 16.1. The lowest BCUT2D eigenvalue weighted by atomic mass is 10.2. The summed E-state index contributed by atoms with van der Waals surface area (Å²) in [6, 6.07) is 6.70. The maximum atomic E-state index is 5.97. The van der Waals surface area contributed by atoms with Crippen LogP contribution in [0.15, 0.2) is 22.7 Å². The van der Waals surface area contributed by atoms with Crippen molar-refractivity contribution in [1.82, 2.24) is 0 Å². The van der Waals surface area contributed by atoms with Crippen molar-refractivity contribution in [2.75, 3.05) is 6.61 Å². The number of hydrogen-bond acceptors (Lipinski definition) is 1. The molecule has 0 aromatic heterocycles. The van der Waals surface area contributed by atoms with E-state index in [1.165, 1.54) is 10.0 Å². The molecule has 0 aliphatic rings. The van der Waals surface area contributed by atoms with E-state index >= 15 is 0 Å². The molecule has 4 heteroatoms. The molecular formula is C14H25BrOSi2. The predicted molar refractivity (Wildman–Crippen MR) is 90.1 cm³/mol. The Labute approximate surface area is 122 Å². The maximum Gasteiger partial charge on any atom is 0.183 e. The minimum Gasteiger partial charge on any atom is -0.417 e. The van der Waals surface area contributed by atoms with Gasteiger partial charge in [-0.1, -0.05) is 46.8 Å². The lowest BCUT2D eigenvalue weighted by Crippen LogP contribution is -2.40. The summed E-state index contributed by atoms with van der Waals surface area (Å²) in [5.41, 5.74) is 1.47. The molecule has 0 aliphatic carbocycles. The highest BCUT2D eigenvalue weighted by atomic mass is 79.9. The first-order valence-corrected chi connectivity index (χ1v) is 14.2. The third-order valence-electron chi connectivity index (χ3n) is 2.79. The van der Waals surface area contributed by atoms with Crippen LogP contribution in [0, 0.1) is 0 Å². The van der Waals surface area contributed by atoms with Crippen molar-refractivity contribution in [2.45, 2.75) is 45.7 Å². The number of benzene rings is 1. The Morgan fingerprint density at radius 1 is 1.06 bits per heavy atom. The molecule has 0 saturated carbocycles. The van der Waals surface area contributed by atoms with Gasteiger partial charge in [-0.2, -0.15) is 0 Å². The highest BCUT2D eigenvalue weighted by molar-refractivity contribution is 9.10. The zero-order chi connectivity index (χ0) is 14.0. The van der Waals surface area contributed by atoms with Crippen molar-refractivity contribution in [2.24, 2.45) is 0 Å². The van der Waals surface area contributed by atoms with Gasteiger partial charge in [0.15, 0.2) is 8.32 Å². The van der Waals surface area contributed by atoms with Crippen LogP contribution in [-0.4, -0.2) is 23.0 Å². The quantitative estimate of drug-likeness (QED) is 0.719. The topological polar surface area (TPSA) is 9.23 Å². The second-order valence-corrected chi connectivity index (χ2v) is 17.2. The molecule has 0 amide bonds. The molecule has 0 aliphatic heterocycles. The second kappa shape index (κ2) is 6.03. The zero-order valence-electron chi connectivity index (χ0n) is 12.4. The monoisotopic (exact) mass is 344 g/mol. The standard InChI is InChI=1S/C14H25BrOSi2/c1-17(2,3)14-11-13(15)8-7-12(14)9-10-16-18(4,5)6/h7-8,11H,9-10H2,1-6H3. The molecule has 1 nitrogen and oxygen atoms in total. The first-order chi connectivity index (χ1) is 8.09. The van der Waals surface area contributed by atoms with E-state index in [0.29, 0.717) is 0 Å². The summed E-state index contributed by atoms with van der Waals surface area (Å²) >= 11 is 3.59. The molecular weight excluding hydrogens is 320 g/mol. The van der Waals surface area contributed by atoms with Gasteiger partial charge in [0.25, 0.3) is 0 Å². The molecule has 0 bridgehead atoms. The Morgan fingerprint density at radius 2 is 1.67 bits per heavy atom. The van der Waals surface area contributed by atoms with Crippen LogP contribution in [0.5, 0.6) is 0 Å². The highest BCUT2D eigenvalue weighted by Crippen LogP contribution is 2.15. The molecule has 0 unspecified atom stereocenters. The maximum absolute atomic E-state index is 5.97. The van der Waals surface area contributed by atoms with Crippen LogP contribution in [0.1, 0.15) is 5.56 Å². The van der Waals surface area contributed by atoms with Gasteiger partial charge in [0.1, 0.15) is 0 Å². The molecule has 18 heavy (non-hydrogen) atoms. The second-order valence-electron chi connectivity index (χ2n) is 6.76. The summed E-state index contributed by atoms with van der Waals surface area (Å²) in [4.78, 5) is 0. The van der Waals surface area contributed by atoms with E-state index in [-0.39, 0.29) is 0 Å². The fraction of sp³-hybridized carbons (Fsp3) is 0.571. The molecule has 0 N–H and O–H groups in total. The highest BCUT2D eigenvalue weighted by Gasteiger charge is 2.21. The normalized spacial score (nSPS) is 12.8. The van der Waals surface area contributed by atoms with Gasteiger partial charge in [0, 0.05) is 11.1 Å². The van der Waals surface area contributed by atoms with Gasteiger partial charge in [0.05, 0.1) is 8.07 Å². The Bertz CT molecular complexity index is 405. The smallest absolute Gasteiger partial charge is 0.183 e. The Morgan fingerprint density at radius 3 is 2.17 bits per heavy atom. The molecule has 102 valence electrons. The van der Waals surface area contributed by atoms with Crippen LogP contribution < -0.4 is 5.19 Å². The summed E-state index contributed by atoms with van der Waals surface area (Å²) < 4.78 is 7.16. The molecule has 0 saturated heterocycles. The third-order valence-corrected chi connectivity index (χ3v) is 6.43. The van der Waals surface area contributed by atoms with Crippen LogP contribution in [0.2, 0.25) is 39.3 Å².